The van der Waals surface area contributed by atoms with Crippen molar-refractivity contribution in [1.29, 1.82) is 0 Å². The molecule has 1 aliphatic rings. The number of carbonyl (C=O) groups is 2. The van der Waals surface area contributed by atoms with E-state index < -0.39 is 0 Å². The first-order valence-corrected chi connectivity index (χ1v) is 11.1. The van der Waals surface area contributed by atoms with E-state index in [-0.39, 0.29) is 18.4 Å². The fourth-order valence-electron chi connectivity index (χ4n) is 2.09. The quantitative estimate of drug-likeness (QED) is 0.303. The zero-order valence-electron chi connectivity index (χ0n) is 14.0. The number of anilines is 1. The van der Waals surface area contributed by atoms with Gasteiger partial charge in [-0.05, 0) is 29.5 Å². The van der Waals surface area contributed by atoms with Gasteiger partial charge in [0.15, 0.2) is 4.34 Å². The van der Waals surface area contributed by atoms with Crippen molar-refractivity contribution in [2.24, 2.45) is 0 Å². The maximum Gasteiger partial charge on any atom is 0.266 e. The number of rotatable bonds is 6. The van der Waals surface area contributed by atoms with Crippen LogP contribution in [-0.4, -0.2) is 43.5 Å². The van der Waals surface area contributed by atoms with E-state index in [0.29, 0.717) is 19.4 Å². The van der Waals surface area contributed by atoms with Gasteiger partial charge in [-0.25, -0.2) is 0 Å². The lowest BCUT2D eigenvalue weighted by molar-refractivity contribution is -0.126. The molecule has 0 atom stereocenters. The summed E-state index contributed by atoms with van der Waals surface area (Å²) in [5, 5.41) is 11.6. The number of hydrogen-bond acceptors (Lipinski definition) is 8. The molecule has 1 aliphatic heterocycles. The fraction of sp³-hybridized carbons (Fsp3) is 0.188. The molecule has 11 heteroatoms. The van der Waals surface area contributed by atoms with Gasteiger partial charge in [0, 0.05) is 5.02 Å². The first kappa shape index (κ1) is 20.3. The summed E-state index contributed by atoms with van der Waals surface area (Å²) in [7, 11) is 0. The van der Waals surface area contributed by atoms with E-state index in [9.17, 15) is 9.59 Å². The minimum absolute atomic E-state index is 0.168. The Morgan fingerprint density at radius 1 is 1.37 bits per heavy atom. The normalized spacial score (nSPS) is 15.6. The average molecular weight is 457 g/mol. The Morgan fingerprint density at radius 2 is 2.11 bits per heavy atom. The third-order valence-corrected chi connectivity index (χ3v) is 6.75. The van der Waals surface area contributed by atoms with Crippen molar-refractivity contribution in [1.82, 2.24) is 15.1 Å². The Kier molecular flexibility index (Phi) is 6.88. The van der Waals surface area contributed by atoms with Crippen LogP contribution in [0.3, 0.4) is 0 Å². The predicted molar refractivity (Wildman–Crippen MR) is 116 cm³/mol. The van der Waals surface area contributed by atoms with E-state index in [2.05, 4.69) is 15.5 Å². The molecule has 3 rings (SSSR count). The number of carbonyl (C=O) groups excluding carboxylic acids is 2. The molecule has 1 aromatic carbocycles. The first-order chi connectivity index (χ1) is 13.0. The Labute approximate surface area is 178 Å². The lowest BCUT2D eigenvalue weighted by Crippen LogP contribution is -2.36. The summed E-state index contributed by atoms with van der Waals surface area (Å²) in [6, 6.07) is 7.11. The van der Waals surface area contributed by atoms with Gasteiger partial charge in [0.1, 0.15) is 10.9 Å². The molecule has 27 heavy (non-hydrogen) atoms. The monoisotopic (exact) mass is 456 g/mol. The predicted octanol–water partition coefficient (Wildman–Crippen LogP) is 4.14. The van der Waals surface area contributed by atoms with Crippen LogP contribution in [0.4, 0.5) is 5.13 Å². The summed E-state index contributed by atoms with van der Waals surface area (Å²) < 4.78 is 1.12. The molecule has 0 radical (unpaired) electrons. The molecule has 1 saturated heterocycles. The zero-order chi connectivity index (χ0) is 19.4. The number of halogens is 1. The summed E-state index contributed by atoms with van der Waals surface area (Å²) >= 11 is 15.1. The zero-order valence-corrected chi connectivity index (χ0v) is 18.0. The van der Waals surface area contributed by atoms with Crippen LogP contribution in [0.5, 0.6) is 0 Å². The van der Waals surface area contributed by atoms with Crippen LogP contribution in [0.15, 0.2) is 33.5 Å². The van der Waals surface area contributed by atoms with Crippen molar-refractivity contribution in [3.8, 4) is 0 Å². The highest BCUT2D eigenvalue weighted by molar-refractivity contribution is 8.26. The molecule has 0 bridgehead atoms. The average Bonchev–Trinajstić information content (AvgIpc) is 3.17. The van der Waals surface area contributed by atoms with Gasteiger partial charge in [-0.15, -0.1) is 10.2 Å². The number of amides is 2. The van der Waals surface area contributed by atoms with Crippen LogP contribution >= 0.6 is 58.7 Å². The van der Waals surface area contributed by atoms with Crippen molar-refractivity contribution in [2.75, 3.05) is 17.6 Å². The lowest BCUT2D eigenvalue weighted by Gasteiger charge is -2.13. The van der Waals surface area contributed by atoms with E-state index >= 15 is 0 Å². The number of hydrogen-bond donors (Lipinski definition) is 1. The van der Waals surface area contributed by atoms with E-state index in [4.69, 9.17) is 23.8 Å². The topological polar surface area (TPSA) is 75.2 Å². The van der Waals surface area contributed by atoms with Crippen molar-refractivity contribution in [2.45, 2.75) is 11.3 Å². The highest BCUT2D eigenvalue weighted by Crippen LogP contribution is 2.32. The number of benzene rings is 1. The largest absolute Gasteiger partial charge is 0.299 e. The van der Waals surface area contributed by atoms with Crippen LogP contribution < -0.4 is 5.32 Å². The van der Waals surface area contributed by atoms with Gasteiger partial charge in [0.25, 0.3) is 5.91 Å². The number of aromatic nitrogens is 2. The van der Waals surface area contributed by atoms with Crippen molar-refractivity contribution in [3.05, 3.63) is 39.8 Å². The summed E-state index contributed by atoms with van der Waals surface area (Å²) in [5.41, 5.74) is 0.833. The maximum absolute atomic E-state index is 12.6. The molecule has 2 heterocycles. The molecular formula is C16H13ClN4O2S4. The van der Waals surface area contributed by atoms with Crippen LogP contribution in [-0.2, 0) is 9.59 Å². The molecule has 0 aliphatic carbocycles. The second-order valence-corrected chi connectivity index (χ2v) is 9.77. The van der Waals surface area contributed by atoms with E-state index in [1.165, 1.54) is 28.0 Å². The Bertz CT molecular complexity index is 913. The molecule has 0 saturated carbocycles. The van der Waals surface area contributed by atoms with Gasteiger partial charge in [0.05, 0.1) is 4.91 Å². The second-order valence-electron chi connectivity index (χ2n) is 5.17. The van der Waals surface area contributed by atoms with Crippen LogP contribution in [0.1, 0.15) is 12.5 Å². The highest BCUT2D eigenvalue weighted by atomic mass is 35.5. The molecule has 6 nitrogen and oxygen atoms in total. The molecule has 140 valence electrons. The van der Waals surface area contributed by atoms with Crippen LogP contribution in [0, 0.1) is 0 Å². The highest BCUT2D eigenvalue weighted by Gasteiger charge is 2.33. The van der Waals surface area contributed by atoms with Crippen LogP contribution in [0.25, 0.3) is 6.08 Å². The van der Waals surface area contributed by atoms with Gasteiger partial charge in [-0.2, -0.15) is 0 Å². The molecule has 0 unspecified atom stereocenters. The molecule has 1 aromatic heterocycles. The number of nitrogens with zero attached hydrogens (tertiary/aromatic N) is 3. The Morgan fingerprint density at radius 3 is 2.81 bits per heavy atom. The smallest absolute Gasteiger partial charge is 0.266 e. The Hall–Kier alpha value is -1.46. The van der Waals surface area contributed by atoms with Crippen molar-refractivity contribution >= 4 is 86.0 Å². The molecule has 2 aromatic rings. The lowest BCUT2D eigenvalue weighted by atomic mass is 10.2. The molecular weight excluding hydrogens is 444 g/mol. The van der Waals surface area contributed by atoms with E-state index in [1.807, 2.05) is 19.1 Å². The second kappa shape index (κ2) is 9.16. The molecule has 1 N–H and O–H groups in total. The van der Waals surface area contributed by atoms with E-state index in [0.717, 1.165) is 15.7 Å². The summed E-state index contributed by atoms with van der Waals surface area (Å²) in [6.07, 6.45) is 1.73. The van der Waals surface area contributed by atoms with Crippen molar-refractivity contribution in [3.63, 3.8) is 0 Å². The molecule has 0 spiro atoms. The first-order valence-electron chi connectivity index (χ1n) is 7.73. The van der Waals surface area contributed by atoms with Gasteiger partial charge in [0.2, 0.25) is 11.0 Å². The summed E-state index contributed by atoms with van der Waals surface area (Å²) in [4.78, 5) is 26.6. The maximum atomic E-state index is 12.6. The molecule has 1 fully saturated rings. The summed E-state index contributed by atoms with van der Waals surface area (Å²) in [5.74, 6) is 0.205. The Balaban J connectivity index is 1.64. The minimum atomic E-state index is -0.372. The number of thiocarbonyl (C=S) groups is 1. The third-order valence-electron chi connectivity index (χ3n) is 3.26. The van der Waals surface area contributed by atoms with Gasteiger partial charge in [-0.1, -0.05) is 77.7 Å². The van der Waals surface area contributed by atoms with Gasteiger partial charge < -0.3 is 0 Å². The fourth-order valence-corrected chi connectivity index (χ4v) is 5.14. The van der Waals surface area contributed by atoms with Gasteiger partial charge >= 0.3 is 0 Å². The van der Waals surface area contributed by atoms with E-state index in [1.54, 1.807) is 30.0 Å². The van der Waals surface area contributed by atoms with Gasteiger partial charge in [-0.3, -0.25) is 19.8 Å². The van der Waals surface area contributed by atoms with Crippen molar-refractivity contribution < 1.29 is 9.59 Å². The minimum Gasteiger partial charge on any atom is -0.299 e. The molecule has 2 amide bonds. The summed E-state index contributed by atoms with van der Waals surface area (Å²) in [6.45, 7) is 1.84. The standard InChI is InChI=1S/C16H13ClN4O2S4/c1-2-25-15-20-19-14(27-15)18-12(22)8-21-13(23)11(26-16(21)24)7-9-3-5-10(17)6-4-9/h3-7H,2,8H2,1H3,(H,18,19,22)/b11-7-. The third kappa shape index (κ3) is 5.29. The number of thioether (sulfide) groups is 2. The SMILES string of the molecule is CCSc1nnc(NC(=O)CN2C(=O)/C(=C/c3ccc(Cl)cc3)SC2=S)s1. The van der Waals surface area contributed by atoms with Crippen LogP contribution in [0.2, 0.25) is 5.02 Å². The number of nitrogens with one attached hydrogen (secondary N) is 1.